The van der Waals surface area contributed by atoms with E-state index in [0.29, 0.717) is 5.82 Å². The molecule has 1 fully saturated rings. The number of nitrogens with one attached hydrogen (secondary N) is 1. The second-order valence-electron chi connectivity index (χ2n) is 6.33. The second-order valence-corrected chi connectivity index (χ2v) is 6.33. The van der Waals surface area contributed by atoms with Crippen LogP contribution in [0, 0.1) is 0 Å². The minimum absolute atomic E-state index is 0.281. The van der Waals surface area contributed by atoms with Gasteiger partial charge in [-0.1, -0.05) is 12.1 Å². The molecule has 1 aromatic carbocycles. The molecule has 0 spiro atoms. The van der Waals surface area contributed by atoms with Gasteiger partial charge in [-0.3, -0.25) is 19.2 Å². The van der Waals surface area contributed by atoms with Gasteiger partial charge in [0, 0.05) is 45.8 Å². The molecule has 1 aliphatic heterocycles. The van der Waals surface area contributed by atoms with Crippen LogP contribution in [-0.4, -0.2) is 47.7 Å². The quantitative estimate of drug-likeness (QED) is 0.888. The Bertz CT molecular complexity index is 811. The van der Waals surface area contributed by atoms with Crippen LogP contribution in [0.3, 0.4) is 0 Å². The van der Waals surface area contributed by atoms with E-state index in [1.807, 2.05) is 12.1 Å². The Morgan fingerprint density at radius 3 is 2.72 bits per heavy atom. The molecule has 7 nitrogen and oxygen atoms in total. The van der Waals surface area contributed by atoms with Gasteiger partial charge >= 0.3 is 5.69 Å². The fourth-order valence-corrected chi connectivity index (χ4v) is 3.11. The number of hydrogen-bond acceptors (Lipinski definition) is 5. The van der Waals surface area contributed by atoms with Gasteiger partial charge in [-0.15, -0.1) is 0 Å². The number of benzene rings is 1. The number of ether oxygens (including phenoxy) is 1. The minimum Gasteiger partial charge on any atom is -0.497 e. The summed E-state index contributed by atoms with van der Waals surface area (Å²) >= 11 is 0. The van der Waals surface area contributed by atoms with Gasteiger partial charge < -0.3 is 9.64 Å². The number of nitrogens with zero attached hydrogens (tertiary/aromatic N) is 3. The SMILES string of the molecule is COc1cccc(CN2CCCN(c3cc(=O)n(C)c(=O)[nH]3)CC2)c1. The van der Waals surface area contributed by atoms with Crippen LogP contribution in [0.2, 0.25) is 0 Å². The number of rotatable bonds is 4. The average Bonchev–Trinajstić information content (AvgIpc) is 2.85. The highest BCUT2D eigenvalue weighted by Gasteiger charge is 2.17. The van der Waals surface area contributed by atoms with Gasteiger partial charge in [0.1, 0.15) is 11.6 Å². The lowest BCUT2D eigenvalue weighted by Gasteiger charge is -2.23. The van der Waals surface area contributed by atoms with Gasteiger partial charge in [0.2, 0.25) is 0 Å². The Kier molecular flexibility index (Phi) is 5.23. The maximum Gasteiger partial charge on any atom is 0.329 e. The summed E-state index contributed by atoms with van der Waals surface area (Å²) in [5.41, 5.74) is 0.561. The summed E-state index contributed by atoms with van der Waals surface area (Å²) in [5, 5.41) is 0. The third kappa shape index (κ3) is 4.11. The molecule has 1 saturated heterocycles. The van der Waals surface area contributed by atoms with Gasteiger partial charge in [-0.05, 0) is 24.1 Å². The molecule has 1 aliphatic rings. The van der Waals surface area contributed by atoms with E-state index in [-0.39, 0.29) is 11.2 Å². The number of aromatic amines is 1. The van der Waals surface area contributed by atoms with Gasteiger partial charge in [-0.2, -0.15) is 0 Å². The summed E-state index contributed by atoms with van der Waals surface area (Å²) in [6.07, 6.45) is 0.973. The van der Waals surface area contributed by atoms with Gasteiger partial charge in [-0.25, -0.2) is 4.79 Å². The molecule has 134 valence electrons. The van der Waals surface area contributed by atoms with Crippen molar-refractivity contribution >= 4 is 5.82 Å². The zero-order valence-corrected chi connectivity index (χ0v) is 14.7. The largest absolute Gasteiger partial charge is 0.497 e. The standard InChI is InChI=1S/C18H24N4O3/c1-20-17(23)12-16(19-18(20)24)22-8-4-7-21(9-10-22)13-14-5-3-6-15(11-14)25-2/h3,5-6,11-12H,4,7-10,13H2,1-2H3,(H,19,24). The van der Waals surface area contributed by atoms with Crippen molar-refractivity contribution in [2.24, 2.45) is 7.05 Å². The van der Waals surface area contributed by atoms with Crippen molar-refractivity contribution in [1.29, 1.82) is 0 Å². The van der Waals surface area contributed by atoms with Crippen LogP contribution in [-0.2, 0) is 13.6 Å². The van der Waals surface area contributed by atoms with E-state index in [2.05, 4.69) is 26.9 Å². The Morgan fingerprint density at radius 1 is 1.12 bits per heavy atom. The van der Waals surface area contributed by atoms with Crippen LogP contribution in [0.25, 0.3) is 0 Å². The van der Waals surface area contributed by atoms with Crippen LogP contribution in [0.15, 0.2) is 39.9 Å². The Balaban J connectivity index is 1.68. The number of hydrogen-bond donors (Lipinski definition) is 1. The lowest BCUT2D eigenvalue weighted by molar-refractivity contribution is 0.285. The van der Waals surface area contributed by atoms with Crippen molar-refractivity contribution in [2.75, 3.05) is 38.2 Å². The Labute approximate surface area is 146 Å². The molecule has 0 atom stereocenters. The van der Waals surface area contributed by atoms with E-state index in [4.69, 9.17) is 4.74 Å². The van der Waals surface area contributed by atoms with Crippen LogP contribution in [0.4, 0.5) is 5.82 Å². The zero-order valence-electron chi connectivity index (χ0n) is 14.7. The van der Waals surface area contributed by atoms with Crippen LogP contribution < -0.4 is 20.9 Å². The van der Waals surface area contributed by atoms with Crippen molar-refractivity contribution in [3.8, 4) is 5.75 Å². The molecule has 25 heavy (non-hydrogen) atoms. The first-order valence-electron chi connectivity index (χ1n) is 8.47. The van der Waals surface area contributed by atoms with Gasteiger partial charge in [0.05, 0.1) is 7.11 Å². The fourth-order valence-electron chi connectivity index (χ4n) is 3.11. The molecular weight excluding hydrogens is 320 g/mol. The first-order chi connectivity index (χ1) is 12.1. The van der Waals surface area contributed by atoms with Crippen molar-refractivity contribution in [1.82, 2.24) is 14.5 Å². The van der Waals surface area contributed by atoms with Crippen LogP contribution in [0.1, 0.15) is 12.0 Å². The highest BCUT2D eigenvalue weighted by Crippen LogP contribution is 2.16. The molecular formula is C18H24N4O3. The summed E-state index contributed by atoms with van der Waals surface area (Å²) in [7, 11) is 3.15. The summed E-state index contributed by atoms with van der Waals surface area (Å²) in [4.78, 5) is 30.9. The molecule has 1 aromatic heterocycles. The molecule has 0 radical (unpaired) electrons. The van der Waals surface area contributed by atoms with Crippen LogP contribution >= 0.6 is 0 Å². The molecule has 0 aliphatic carbocycles. The van der Waals surface area contributed by atoms with Crippen molar-refractivity contribution < 1.29 is 4.74 Å². The Morgan fingerprint density at radius 2 is 1.96 bits per heavy atom. The summed E-state index contributed by atoms with van der Waals surface area (Å²) in [6.45, 7) is 4.29. The number of aromatic nitrogens is 2. The van der Waals surface area contributed by atoms with E-state index in [1.54, 1.807) is 7.11 Å². The summed E-state index contributed by atoms with van der Waals surface area (Å²) in [6, 6.07) is 9.60. The smallest absolute Gasteiger partial charge is 0.329 e. The van der Waals surface area contributed by atoms with Crippen molar-refractivity contribution in [3.63, 3.8) is 0 Å². The second kappa shape index (κ2) is 7.57. The summed E-state index contributed by atoms with van der Waals surface area (Å²) < 4.78 is 6.36. The highest BCUT2D eigenvalue weighted by atomic mass is 16.5. The third-order valence-corrected chi connectivity index (χ3v) is 4.60. The predicted molar refractivity (Wildman–Crippen MR) is 97.4 cm³/mol. The predicted octanol–water partition coefficient (Wildman–Crippen LogP) is 0.794. The third-order valence-electron chi connectivity index (χ3n) is 4.60. The average molecular weight is 344 g/mol. The van der Waals surface area contributed by atoms with Crippen molar-refractivity contribution in [3.05, 3.63) is 56.7 Å². The van der Waals surface area contributed by atoms with E-state index in [1.165, 1.54) is 18.7 Å². The number of H-pyrrole nitrogens is 1. The lowest BCUT2D eigenvalue weighted by Crippen LogP contribution is -2.37. The Hall–Kier alpha value is -2.54. The van der Waals surface area contributed by atoms with Crippen LogP contribution in [0.5, 0.6) is 5.75 Å². The first kappa shape index (κ1) is 17.3. The van der Waals surface area contributed by atoms with Gasteiger partial charge in [0.15, 0.2) is 0 Å². The van der Waals surface area contributed by atoms with E-state index in [0.717, 1.165) is 49.5 Å². The molecule has 0 bridgehead atoms. The normalized spacial score (nSPS) is 15.8. The van der Waals surface area contributed by atoms with Crippen molar-refractivity contribution in [2.45, 2.75) is 13.0 Å². The lowest BCUT2D eigenvalue weighted by atomic mass is 10.2. The molecule has 7 heteroatoms. The first-order valence-corrected chi connectivity index (χ1v) is 8.47. The van der Waals surface area contributed by atoms with Gasteiger partial charge in [0.25, 0.3) is 5.56 Å². The monoisotopic (exact) mass is 344 g/mol. The molecule has 1 N–H and O–H groups in total. The number of anilines is 1. The molecule has 3 rings (SSSR count). The zero-order chi connectivity index (χ0) is 17.8. The highest BCUT2D eigenvalue weighted by molar-refractivity contribution is 5.37. The maximum atomic E-state index is 11.8. The molecule has 2 heterocycles. The fraction of sp³-hybridized carbons (Fsp3) is 0.444. The van der Waals surface area contributed by atoms with E-state index in [9.17, 15) is 9.59 Å². The molecule has 0 unspecified atom stereocenters. The topological polar surface area (TPSA) is 70.6 Å². The molecule has 2 aromatic rings. The minimum atomic E-state index is -0.375. The summed E-state index contributed by atoms with van der Waals surface area (Å²) in [5.74, 6) is 1.47. The molecule has 0 amide bonds. The maximum absolute atomic E-state index is 11.8. The van der Waals surface area contributed by atoms with E-state index < -0.39 is 0 Å². The molecule has 0 saturated carbocycles. The number of methoxy groups -OCH3 is 1. The van der Waals surface area contributed by atoms with E-state index >= 15 is 0 Å².